The Balaban J connectivity index is 1.40. The first-order chi connectivity index (χ1) is 25.8. The summed E-state index contributed by atoms with van der Waals surface area (Å²) in [5.74, 6) is -2.72. The Morgan fingerprint density at radius 3 is 2.35 bits per heavy atom. The van der Waals surface area contributed by atoms with E-state index in [-0.39, 0.29) is 37.0 Å². The quantitative estimate of drug-likeness (QED) is 0.158. The number of amides is 4. The minimum atomic E-state index is -1.41. The summed E-state index contributed by atoms with van der Waals surface area (Å²) < 4.78 is 6.26. The zero-order valence-electron chi connectivity index (χ0n) is 31.6. The number of hydrogen-bond acceptors (Lipinski definition) is 10. The molecule has 0 spiro atoms. The number of ketones is 1. The molecule has 6 atom stereocenters. The molecular formula is C39H54ClN7O7. The molecule has 4 amide bonds. The molecule has 5 N–H and O–H groups in total. The van der Waals surface area contributed by atoms with E-state index in [2.05, 4.69) is 31.2 Å². The van der Waals surface area contributed by atoms with E-state index < -0.39 is 71.3 Å². The number of Topliss-reactive ketones (excluding diaryl/α,β-unsaturated/α-hetero) is 1. The van der Waals surface area contributed by atoms with Gasteiger partial charge in [0.15, 0.2) is 0 Å². The number of ether oxygens (including phenoxy) is 1. The van der Waals surface area contributed by atoms with Gasteiger partial charge < -0.3 is 31.1 Å². The molecule has 2 heterocycles. The summed E-state index contributed by atoms with van der Waals surface area (Å²) in [6.45, 7) is 7.54. The van der Waals surface area contributed by atoms with Crippen molar-refractivity contribution in [2.75, 3.05) is 6.54 Å². The fourth-order valence-electron chi connectivity index (χ4n) is 7.31. The molecule has 1 aliphatic heterocycles. The zero-order chi connectivity index (χ0) is 39.0. The number of benzene rings is 1. The third kappa shape index (κ3) is 10.8. The van der Waals surface area contributed by atoms with Gasteiger partial charge in [0.1, 0.15) is 29.8 Å². The molecule has 0 radical (unpaired) electrons. The Labute approximate surface area is 321 Å². The molecule has 1 unspecified atom stereocenters. The molecule has 2 saturated carbocycles. The highest BCUT2D eigenvalue weighted by Gasteiger charge is 2.48. The van der Waals surface area contributed by atoms with E-state index in [0.717, 1.165) is 44.9 Å². The number of hydrogen-bond donors (Lipinski definition) is 5. The third-order valence-corrected chi connectivity index (χ3v) is 10.7. The molecule has 294 valence electrons. The lowest BCUT2D eigenvalue weighted by atomic mass is 9.81. The van der Waals surface area contributed by atoms with E-state index in [1.807, 2.05) is 27.7 Å². The van der Waals surface area contributed by atoms with E-state index in [0.29, 0.717) is 17.2 Å². The molecular weight excluding hydrogens is 714 g/mol. The summed E-state index contributed by atoms with van der Waals surface area (Å²) in [7, 11) is 0. The van der Waals surface area contributed by atoms with Crippen molar-refractivity contribution < 1.29 is 33.8 Å². The molecule has 0 bridgehead atoms. The van der Waals surface area contributed by atoms with E-state index in [9.17, 15) is 29.1 Å². The average Bonchev–Trinajstić information content (AvgIpc) is 3.87. The molecule has 1 saturated heterocycles. The van der Waals surface area contributed by atoms with Crippen molar-refractivity contribution in [2.24, 2.45) is 11.3 Å². The van der Waals surface area contributed by atoms with Crippen LogP contribution in [-0.4, -0.2) is 98.5 Å². The highest BCUT2D eigenvalue weighted by Crippen LogP contribution is 2.33. The Bertz CT molecular complexity index is 1630. The molecule has 1 aromatic heterocycles. The lowest BCUT2D eigenvalue weighted by Crippen LogP contribution is -2.63. The first-order valence-corrected chi connectivity index (χ1v) is 19.5. The van der Waals surface area contributed by atoms with Crippen LogP contribution in [0.4, 0.5) is 0 Å². The first kappa shape index (κ1) is 41.0. The molecule has 5 rings (SSSR count). The monoisotopic (exact) mass is 767 g/mol. The SMILES string of the molecule is CCC[C@H](NC(=O)[C@@H]1C[C@@H](Oc2ccccc2Cl)CN1C(O)[C@@H](NC(=O)[C@@H](NC(=O)c1cnccn1)C1CCCCC1)C(C)(C)C)C(=O)C(=O)NC1CC1. The summed E-state index contributed by atoms with van der Waals surface area (Å²) in [6, 6.07) is 3.02. The van der Waals surface area contributed by atoms with Crippen LogP contribution >= 0.6 is 11.6 Å². The number of carbonyl (C=O) groups is 5. The number of carbonyl (C=O) groups excluding carboxylic acids is 5. The number of likely N-dealkylation sites (tertiary alicyclic amines) is 1. The van der Waals surface area contributed by atoms with Gasteiger partial charge in [0.2, 0.25) is 17.6 Å². The number of nitrogens with one attached hydrogen (secondary N) is 4. The van der Waals surface area contributed by atoms with E-state index in [4.69, 9.17) is 16.3 Å². The summed E-state index contributed by atoms with van der Waals surface area (Å²) in [5.41, 5.74) is -0.662. The van der Waals surface area contributed by atoms with Gasteiger partial charge in [-0.05, 0) is 55.6 Å². The maximum absolute atomic E-state index is 14.3. The second-order valence-electron chi connectivity index (χ2n) is 15.8. The summed E-state index contributed by atoms with van der Waals surface area (Å²) in [5, 5.41) is 24.1. The van der Waals surface area contributed by atoms with Gasteiger partial charge in [-0.2, -0.15) is 0 Å². The molecule has 15 heteroatoms. The molecule has 2 aromatic rings. The first-order valence-electron chi connectivity index (χ1n) is 19.1. The zero-order valence-corrected chi connectivity index (χ0v) is 32.3. The molecule has 54 heavy (non-hydrogen) atoms. The van der Waals surface area contributed by atoms with Crippen molar-refractivity contribution in [1.29, 1.82) is 0 Å². The van der Waals surface area contributed by atoms with Crippen molar-refractivity contribution in [1.82, 2.24) is 36.1 Å². The Hall–Kier alpha value is -4.14. The van der Waals surface area contributed by atoms with Gasteiger partial charge in [-0.1, -0.05) is 77.1 Å². The van der Waals surface area contributed by atoms with Crippen LogP contribution in [0.2, 0.25) is 5.02 Å². The highest BCUT2D eigenvalue weighted by atomic mass is 35.5. The van der Waals surface area contributed by atoms with Crippen LogP contribution in [0.3, 0.4) is 0 Å². The third-order valence-electron chi connectivity index (χ3n) is 10.4. The van der Waals surface area contributed by atoms with Crippen LogP contribution in [0.1, 0.15) is 102 Å². The Morgan fingerprint density at radius 1 is 1.00 bits per heavy atom. The molecule has 1 aromatic carbocycles. The number of halogens is 1. The number of rotatable bonds is 16. The number of aliphatic hydroxyl groups excluding tert-OH is 1. The minimum absolute atomic E-state index is 0.0230. The highest BCUT2D eigenvalue weighted by molar-refractivity contribution is 6.38. The lowest BCUT2D eigenvalue weighted by molar-refractivity contribution is -0.142. The Kier molecular flexibility index (Phi) is 14.0. The van der Waals surface area contributed by atoms with Gasteiger partial charge in [0, 0.05) is 31.4 Å². The number of aromatic nitrogens is 2. The van der Waals surface area contributed by atoms with Gasteiger partial charge in [-0.15, -0.1) is 0 Å². The van der Waals surface area contributed by atoms with Crippen LogP contribution < -0.4 is 26.0 Å². The molecule has 3 aliphatic rings. The Morgan fingerprint density at radius 2 is 1.72 bits per heavy atom. The van der Waals surface area contributed by atoms with Crippen LogP contribution in [-0.2, 0) is 19.2 Å². The van der Waals surface area contributed by atoms with Crippen molar-refractivity contribution in [3.8, 4) is 5.75 Å². The maximum atomic E-state index is 14.3. The normalized spacial score (nSPS) is 21.6. The minimum Gasteiger partial charge on any atom is -0.487 e. The van der Waals surface area contributed by atoms with Gasteiger partial charge in [-0.25, -0.2) is 4.98 Å². The molecule has 2 aliphatic carbocycles. The number of nitrogens with zero attached hydrogens (tertiary/aromatic N) is 3. The van der Waals surface area contributed by atoms with E-state index in [1.165, 1.54) is 18.6 Å². The van der Waals surface area contributed by atoms with E-state index in [1.54, 1.807) is 29.2 Å². The van der Waals surface area contributed by atoms with Gasteiger partial charge in [0.25, 0.3) is 11.8 Å². The van der Waals surface area contributed by atoms with Crippen LogP contribution in [0, 0.1) is 11.3 Å². The van der Waals surface area contributed by atoms with Crippen molar-refractivity contribution in [2.45, 2.75) is 134 Å². The second kappa shape index (κ2) is 18.5. The van der Waals surface area contributed by atoms with Crippen LogP contribution in [0.5, 0.6) is 5.75 Å². The fraction of sp³-hybridized carbons (Fsp3) is 0.615. The second-order valence-corrected chi connectivity index (χ2v) is 16.2. The van der Waals surface area contributed by atoms with Gasteiger partial charge >= 0.3 is 0 Å². The summed E-state index contributed by atoms with van der Waals surface area (Å²) in [6.07, 6.45) is 9.09. The van der Waals surface area contributed by atoms with Crippen LogP contribution in [0.15, 0.2) is 42.9 Å². The smallest absolute Gasteiger partial charge is 0.289 e. The summed E-state index contributed by atoms with van der Waals surface area (Å²) in [4.78, 5) is 77.3. The largest absolute Gasteiger partial charge is 0.487 e. The predicted molar refractivity (Wildman–Crippen MR) is 201 cm³/mol. The van der Waals surface area contributed by atoms with Crippen molar-refractivity contribution in [3.63, 3.8) is 0 Å². The maximum Gasteiger partial charge on any atom is 0.289 e. The topological polar surface area (TPSA) is 192 Å². The average molecular weight is 768 g/mol. The van der Waals surface area contributed by atoms with Crippen molar-refractivity contribution in [3.05, 3.63) is 53.6 Å². The number of aliphatic hydroxyl groups is 1. The van der Waals surface area contributed by atoms with Gasteiger partial charge in [0.05, 0.1) is 29.3 Å². The standard InChI is InChI=1S/C39H54ClN7O7/c1-5-11-27(32(48)37(52)43-24-16-17-24)44-35(50)29-20-25(54-30-15-10-9-14-26(30)40)22-47(29)38(53)33(39(2,3)4)46-36(51)31(23-12-7-6-8-13-23)45-34(49)28-21-41-18-19-42-28/h9-10,14-15,18-19,21,23-25,27,29,31,33,38,53H,5-8,11-13,16-17,20,22H2,1-4H3,(H,43,52)(H,44,50)(H,45,49)(H,46,51)/t25-,27+,29+,31+,33-,38?/m1/s1. The number of para-hydroxylation sites is 1. The predicted octanol–water partition coefficient (Wildman–Crippen LogP) is 3.31. The van der Waals surface area contributed by atoms with Crippen LogP contribution in [0.25, 0.3) is 0 Å². The fourth-order valence-corrected chi connectivity index (χ4v) is 7.49. The van der Waals surface area contributed by atoms with E-state index >= 15 is 0 Å². The summed E-state index contributed by atoms with van der Waals surface area (Å²) >= 11 is 6.42. The molecule has 14 nitrogen and oxygen atoms in total. The molecule has 3 fully saturated rings. The van der Waals surface area contributed by atoms with Gasteiger partial charge in [-0.3, -0.25) is 33.9 Å². The lowest BCUT2D eigenvalue weighted by Gasteiger charge is -2.42. The van der Waals surface area contributed by atoms with Crippen molar-refractivity contribution >= 4 is 41.0 Å².